The molecule has 0 heterocycles. The van der Waals surface area contributed by atoms with Crippen LogP contribution in [0.2, 0.25) is 0 Å². The summed E-state index contributed by atoms with van der Waals surface area (Å²) in [7, 11) is -5.87. The number of halogens is 5. The van der Waals surface area contributed by atoms with E-state index < -0.39 is 40.5 Å². The van der Waals surface area contributed by atoms with Crippen LogP contribution in [0.15, 0.2) is 12.1 Å². The molecule has 0 aromatic heterocycles. The second-order valence-corrected chi connectivity index (χ2v) is 8.33. The molecule has 5 nitrogen and oxygen atoms in total. The zero-order chi connectivity index (χ0) is 18.0. The first-order chi connectivity index (χ1) is 10.4. The van der Waals surface area contributed by atoms with Crippen molar-refractivity contribution in [3.8, 4) is 0 Å². The van der Waals surface area contributed by atoms with E-state index in [0.29, 0.717) is 3.57 Å². The predicted octanol–water partition coefficient (Wildman–Crippen LogP) is 3.57. The molecule has 0 spiro atoms. The highest BCUT2D eigenvalue weighted by atomic mass is 127. The number of hydrogen-bond donors (Lipinski definition) is 1. The molecule has 1 aromatic carbocycles. The summed E-state index contributed by atoms with van der Waals surface area (Å²) in [6.07, 6.45) is -4.26. The highest BCUT2D eigenvalue weighted by Crippen LogP contribution is 2.29. The third-order valence-electron chi connectivity index (χ3n) is 2.75. The Kier molecular flexibility index (Phi) is 7.10. The quantitative estimate of drug-likeness (QED) is 0.318. The number of aryl methyl sites for hydroxylation is 1. The van der Waals surface area contributed by atoms with Crippen LogP contribution in [0.3, 0.4) is 0 Å². The summed E-state index contributed by atoms with van der Waals surface area (Å²) in [4.78, 5) is 11.9. The first-order valence-corrected chi connectivity index (χ1v) is 9.59. The number of carbonyl (C=O) groups excluding carboxylic acids is 1. The summed E-state index contributed by atoms with van der Waals surface area (Å²) in [5, 5.41) is -4.95. The molecule has 0 saturated heterocycles. The van der Waals surface area contributed by atoms with E-state index in [1.165, 1.54) is 6.07 Å². The van der Waals surface area contributed by atoms with Crippen molar-refractivity contribution in [3.05, 3.63) is 30.4 Å². The summed E-state index contributed by atoms with van der Waals surface area (Å²) < 4.78 is 74.3. The Morgan fingerprint density at radius 2 is 1.96 bits per heavy atom. The van der Waals surface area contributed by atoms with Gasteiger partial charge in [-0.25, -0.2) is 9.18 Å². The van der Waals surface area contributed by atoms with Gasteiger partial charge in [0.15, 0.2) is 6.17 Å². The van der Waals surface area contributed by atoms with Gasteiger partial charge in [-0.3, -0.25) is 4.55 Å². The maximum atomic E-state index is 13.3. The number of benzene rings is 1. The van der Waals surface area contributed by atoms with Crippen LogP contribution in [0, 0.1) is 14.1 Å². The summed E-state index contributed by atoms with van der Waals surface area (Å²) >= 11 is 3.90. The van der Waals surface area contributed by atoms with Crippen LogP contribution in [-0.4, -0.2) is 37.0 Å². The zero-order valence-electron chi connectivity index (χ0n) is 11.5. The minimum Gasteiger partial charge on any atom is -0.462 e. The Hall–Kier alpha value is -0.150. The van der Waals surface area contributed by atoms with Crippen molar-refractivity contribution in [2.45, 2.75) is 24.8 Å². The van der Waals surface area contributed by atoms with Gasteiger partial charge in [0.2, 0.25) is 0 Å². The third-order valence-corrected chi connectivity index (χ3v) is 5.75. The molecule has 0 amide bonds. The molecule has 0 aliphatic carbocycles. The van der Waals surface area contributed by atoms with E-state index in [1.807, 2.05) is 51.2 Å². The summed E-state index contributed by atoms with van der Waals surface area (Å²) in [6.45, 7) is 1.01. The molecule has 11 heteroatoms. The number of hydrogen-bond acceptors (Lipinski definition) is 4. The van der Waals surface area contributed by atoms with Crippen molar-refractivity contribution >= 4 is 61.3 Å². The van der Waals surface area contributed by atoms with Gasteiger partial charge in [0.1, 0.15) is 0 Å². The Morgan fingerprint density at radius 3 is 2.48 bits per heavy atom. The smallest absolute Gasteiger partial charge is 0.400 e. The van der Waals surface area contributed by atoms with Crippen LogP contribution < -0.4 is 0 Å². The lowest BCUT2D eigenvalue weighted by molar-refractivity contribution is -0.0163. The number of ether oxygens (including phenoxy) is 1. The van der Waals surface area contributed by atoms with E-state index in [9.17, 15) is 26.4 Å². The minimum absolute atomic E-state index is 0.201. The molecule has 1 N–H and O–H groups in total. The van der Waals surface area contributed by atoms with E-state index in [2.05, 4.69) is 0 Å². The molecule has 0 fully saturated rings. The van der Waals surface area contributed by atoms with Gasteiger partial charge >= 0.3 is 21.3 Å². The molecule has 1 aromatic rings. The van der Waals surface area contributed by atoms with Gasteiger partial charge in [-0.2, -0.15) is 17.2 Å². The van der Waals surface area contributed by atoms with E-state index in [1.54, 1.807) is 6.92 Å². The average Bonchev–Trinajstić information content (AvgIpc) is 2.41. The fraction of sp³-hybridized carbons (Fsp3) is 0.417. The van der Waals surface area contributed by atoms with Crippen molar-refractivity contribution in [2.75, 3.05) is 6.61 Å². The molecule has 130 valence electrons. The van der Waals surface area contributed by atoms with Crippen LogP contribution in [0.5, 0.6) is 0 Å². The largest absolute Gasteiger partial charge is 0.462 e. The van der Waals surface area contributed by atoms with Gasteiger partial charge in [-0.15, -0.1) is 0 Å². The molecule has 0 aliphatic heterocycles. The van der Waals surface area contributed by atoms with Crippen molar-refractivity contribution in [2.24, 2.45) is 0 Å². The number of esters is 1. The molecule has 0 saturated carbocycles. The predicted molar refractivity (Wildman–Crippen MR) is 92.9 cm³/mol. The topological polar surface area (TPSA) is 80.7 Å². The lowest BCUT2D eigenvalue weighted by atomic mass is 10.1. The Balaban J connectivity index is 2.72. The summed E-state index contributed by atoms with van der Waals surface area (Å²) in [5.74, 6) is -0.835. The Bertz CT molecular complexity index is 709. The van der Waals surface area contributed by atoms with Crippen LogP contribution in [0.25, 0.3) is 0 Å². The molecular formula is C12H11F3I2O5S. The molecule has 1 rings (SSSR count). The second-order valence-electron chi connectivity index (χ2n) is 4.51. The van der Waals surface area contributed by atoms with Gasteiger partial charge in [0, 0.05) is 13.6 Å². The molecule has 1 atom stereocenters. The first-order valence-electron chi connectivity index (χ1n) is 5.99. The zero-order valence-corrected chi connectivity index (χ0v) is 16.7. The van der Waals surface area contributed by atoms with Gasteiger partial charge in [-0.05, 0) is 69.8 Å². The van der Waals surface area contributed by atoms with Crippen LogP contribution in [-0.2, 0) is 14.9 Å². The average molecular weight is 578 g/mol. The van der Waals surface area contributed by atoms with Gasteiger partial charge in [-0.1, -0.05) is 0 Å². The molecule has 0 bridgehead atoms. The Morgan fingerprint density at radius 1 is 1.39 bits per heavy atom. The van der Waals surface area contributed by atoms with Crippen LogP contribution >= 0.6 is 45.2 Å². The number of carbonyl (C=O) groups is 1. The third kappa shape index (κ3) is 5.16. The maximum absolute atomic E-state index is 13.3. The normalized spacial score (nSPS) is 13.7. The van der Waals surface area contributed by atoms with E-state index in [0.717, 1.165) is 9.13 Å². The van der Waals surface area contributed by atoms with Crippen molar-refractivity contribution in [3.63, 3.8) is 0 Å². The number of alkyl halides is 3. The monoisotopic (exact) mass is 578 g/mol. The maximum Gasteiger partial charge on any atom is 0.400 e. The van der Waals surface area contributed by atoms with E-state index in [4.69, 9.17) is 9.29 Å². The second kappa shape index (κ2) is 7.82. The van der Waals surface area contributed by atoms with E-state index in [-0.39, 0.29) is 5.56 Å². The van der Waals surface area contributed by atoms with Crippen molar-refractivity contribution in [1.82, 2.24) is 0 Å². The molecule has 0 aliphatic rings. The molecule has 23 heavy (non-hydrogen) atoms. The lowest BCUT2D eigenvalue weighted by Gasteiger charge is -2.17. The van der Waals surface area contributed by atoms with Gasteiger partial charge < -0.3 is 4.74 Å². The van der Waals surface area contributed by atoms with Crippen molar-refractivity contribution in [1.29, 1.82) is 0 Å². The SMILES string of the molecule is Cc1cc(I)cc(C(=O)OCCC(F)C(F)(F)S(=O)(=O)O)c1I. The standard InChI is InChI=1S/C12H11F3I2O5S/c1-6-4-7(16)5-8(10(6)17)11(18)22-3-2-9(13)12(14,15)23(19,20)21/h4-5,9H,2-3H2,1H3,(H,19,20,21). The summed E-state index contributed by atoms with van der Waals surface area (Å²) in [5.41, 5.74) is 1.01. The fourth-order valence-electron chi connectivity index (χ4n) is 1.54. The van der Waals surface area contributed by atoms with Gasteiger partial charge in [0.25, 0.3) is 0 Å². The summed E-state index contributed by atoms with van der Waals surface area (Å²) in [6, 6.07) is 3.35. The van der Waals surface area contributed by atoms with Crippen LogP contribution in [0.4, 0.5) is 13.2 Å². The molecule has 0 radical (unpaired) electrons. The molecular weight excluding hydrogens is 567 g/mol. The van der Waals surface area contributed by atoms with Gasteiger partial charge in [0.05, 0.1) is 12.2 Å². The van der Waals surface area contributed by atoms with E-state index >= 15 is 0 Å². The minimum atomic E-state index is -5.87. The molecule has 1 unspecified atom stereocenters. The Labute approximate surface area is 158 Å². The number of rotatable bonds is 6. The highest BCUT2D eigenvalue weighted by Gasteiger charge is 2.52. The van der Waals surface area contributed by atoms with Crippen molar-refractivity contribution < 1.29 is 35.7 Å². The van der Waals surface area contributed by atoms with Crippen LogP contribution in [0.1, 0.15) is 22.3 Å². The fourth-order valence-corrected chi connectivity index (χ4v) is 3.29. The highest BCUT2D eigenvalue weighted by molar-refractivity contribution is 14.1. The lowest BCUT2D eigenvalue weighted by Crippen LogP contribution is -2.39. The first kappa shape index (κ1) is 20.9.